The van der Waals surface area contributed by atoms with Gasteiger partial charge in [-0.2, -0.15) is 9.41 Å². The first-order chi connectivity index (χ1) is 10.4. The van der Waals surface area contributed by atoms with E-state index in [0.717, 1.165) is 0 Å². The summed E-state index contributed by atoms with van der Waals surface area (Å²) in [6.07, 6.45) is 0. The number of anilines is 1. The number of likely N-dealkylation sites (N-methyl/N-ethyl adjacent to an activating group) is 1. The van der Waals surface area contributed by atoms with Crippen LogP contribution in [0.1, 0.15) is 5.56 Å². The molecular weight excluding hydrogens is 306 g/mol. The molecule has 3 N–H and O–H groups in total. The minimum Gasteiger partial charge on any atom is -0.322 e. The SMILES string of the molecule is CN1CCN(S(=O)(=O)c2ccc3c(c2)/C(=N/N)C(=O)N3)CC1. The zero-order valence-electron chi connectivity index (χ0n) is 12.1. The molecule has 1 aromatic carbocycles. The van der Waals surface area contributed by atoms with Gasteiger partial charge in [-0.05, 0) is 25.2 Å². The van der Waals surface area contributed by atoms with Crippen LogP contribution in [-0.4, -0.2) is 62.5 Å². The van der Waals surface area contributed by atoms with Gasteiger partial charge in [0.1, 0.15) is 0 Å². The summed E-state index contributed by atoms with van der Waals surface area (Å²) in [5, 5.41) is 6.04. The summed E-state index contributed by atoms with van der Waals surface area (Å²) in [4.78, 5) is 13.9. The van der Waals surface area contributed by atoms with Gasteiger partial charge in [0.15, 0.2) is 5.71 Å². The van der Waals surface area contributed by atoms with E-state index in [1.165, 1.54) is 16.4 Å². The lowest BCUT2D eigenvalue weighted by molar-refractivity contribution is -0.110. The van der Waals surface area contributed by atoms with Crippen LogP contribution in [0.4, 0.5) is 5.69 Å². The molecule has 2 aliphatic heterocycles. The van der Waals surface area contributed by atoms with Crippen molar-refractivity contribution in [1.29, 1.82) is 0 Å². The molecule has 1 amide bonds. The highest BCUT2D eigenvalue weighted by atomic mass is 32.2. The molecule has 0 aliphatic carbocycles. The van der Waals surface area contributed by atoms with Crippen LogP contribution in [0.15, 0.2) is 28.2 Å². The highest BCUT2D eigenvalue weighted by molar-refractivity contribution is 7.89. The molecular formula is C13H17N5O3S. The molecule has 8 nitrogen and oxygen atoms in total. The number of amides is 1. The van der Waals surface area contributed by atoms with Crippen LogP contribution in [0, 0.1) is 0 Å². The van der Waals surface area contributed by atoms with Crippen LogP contribution >= 0.6 is 0 Å². The number of carbonyl (C=O) groups excluding carboxylic acids is 1. The summed E-state index contributed by atoms with van der Waals surface area (Å²) in [6.45, 7) is 2.29. The number of benzene rings is 1. The largest absolute Gasteiger partial charge is 0.322 e. The van der Waals surface area contributed by atoms with Crippen molar-refractivity contribution >= 4 is 27.3 Å². The molecule has 0 spiro atoms. The van der Waals surface area contributed by atoms with Gasteiger partial charge in [0.25, 0.3) is 5.91 Å². The number of nitrogens with one attached hydrogen (secondary N) is 1. The van der Waals surface area contributed by atoms with Gasteiger partial charge in [0.2, 0.25) is 10.0 Å². The zero-order valence-corrected chi connectivity index (χ0v) is 12.9. The Morgan fingerprint density at radius 1 is 1.23 bits per heavy atom. The molecule has 2 aliphatic rings. The van der Waals surface area contributed by atoms with Crippen LogP contribution in [0.3, 0.4) is 0 Å². The molecule has 22 heavy (non-hydrogen) atoms. The van der Waals surface area contributed by atoms with Crippen LogP contribution in [0.2, 0.25) is 0 Å². The van der Waals surface area contributed by atoms with E-state index in [-0.39, 0.29) is 10.6 Å². The molecule has 0 radical (unpaired) electrons. The Morgan fingerprint density at radius 3 is 2.55 bits per heavy atom. The first-order valence-corrected chi connectivity index (χ1v) is 8.30. The fourth-order valence-electron chi connectivity index (χ4n) is 2.60. The van der Waals surface area contributed by atoms with E-state index in [4.69, 9.17) is 5.84 Å². The summed E-state index contributed by atoms with van der Waals surface area (Å²) in [5.41, 5.74) is 0.986. The van der Waals surface area contributed by atoms with Crippen LogP contribution in [-0.2, 0) is 14.8 Å². The molecule has 1 aromatic rings. The van der Waals surface area contributed by atoms with Crippen molar-refractivity contribution in [3.63, 3.8) is 0 Å². The molecule has 1 fully saturated rings. The predicted molar refractivity (Wildman–Crippen MR) is 82.1 cm³/mol. The van der Waals surface area contributed by atoms with E-state index in [2.05, 4.69) is 15.3 Å². The topological polar surface area (TPSA) is 108 Å². The van der Waals surface area contributed by atoms with Gasteiger partial charge < -0.3 is 16.1 Å². The highest BCUT2D eigenvalue weighted by Crippen LogP contribution is 2.28. The first-order valence-electron chi connectivity index (χ1n) is 6.86. The Hall–Kier alpha value is -1.97. The van der Waals surface area contributed by atoms with Crippen molar-refractivity contribution in [1.82, 2.24) is 9.21 Å². The lowest BCUT2D eigenvalue weighted by Gasteiger charge is -2.31. The zero-order chi connectivity index (χ0) is 15.9. The van der Waals surface area contributed by atoms with Crippen molar-refractivity contribution in [3.05, 3.63) is 23.8 Å². The van der Waals surface area contributed by atoms with E-state index < -0.39 is 15.9 Å². The molecule has 3 rings (SSSR count). The summed E-state index contributed by atoms with van der Waals surface area (Å²) >= 11 is 0. The second-order valence-corrected chi connectivity index (χ2v) is 7.28. The molecule has 0 aromatic heterocycles. The minimum absolute atomic E-state index is 0.0467. The number of hydrogen-bond acceptors (Lipinski definition) is 6. The van der Waals surface area contributed by atoms with Crippen LogP contribution in [0.5, 0.6) is 0 Å². The molecule has 0 atom stereocenters. The number of sulfonamides is 1. The van der Waals surface area contributed by atoms with Gasteiger partial charge in [0, 0.05) is 31.7 Å². The standard InChI is InChI=1S/C13H17N5O3S/c1-17-4-6-18(7-5-17)22(20,21)9-2-3-11-10(8-9)12(16-14)13(19)15-11/h2-3,8H,4-7,14H2,1H3,(H,15,16,19). The van der Waals surface area contributed by atoms with Gasteiger partial charge in [-0.1, -0.05) is 0 Å². The summed E-state index contributed by atoms with van der Waals surface area (Å²) in [5.74, 6) is 4.79. The van der Waals surface area contributed by atoms with Gasteiger partial charge in [-0.15, -0.1) is 0 Å². The number of piperazine rings is 1. The first kappa shape index (κ1) is 14.9. The number of nitrogens with zero attached hydrogens (tertiary/aromatic N) is 3. The van der Waals surface area contributed by atoms with Crippen LogP contribution in [0.25, 0.3) is 0 Å². The maximum Gasteiger partial charge on any atom is 0.276 e. The van der Waals surface area contributed by atoms with Gasteiger partial charge in [0.05, 0.1) is 10.6 Å². The smallest absolute Gasteiger partial charge is 0.276 e. The Labute approximate surface area is 128 Å². The number of carbonyl (C=O) groups is 1. The molecule has 0 bridgehead atoms. The molecule has 0 saturated carbocycles. The predicted octanol–water partition coefficient (Wildman–Crippen LogP) is -0.762. The Kier molecular flexibility index (Phi) is 3.63. The molecule has 1 saturated heterocycles. The summed E-state index contributed by atoms with van der Waals surface area (Å²) in [7, 11) is -1.63. The van der Waals surface area contributed by atoms with Crippen molar-refractivity contribution < 1.29 is 13.2 Å². The maximum atomic E-state index is 12.7. The lowest BCUT2D eigenvalue weighted by Crippen LogP contribution is -2.47. The van der Waals surface area contributed by atoms with Gasteiger partial charge in [-0.3, -0.25) is 4.79 Å². The molecule has 2 heterocycles. The monoisotopic (exact) mass is 323 g/mol. The number of hydrazone groups is 1. The minimum atomic E-state index is -3.58. The van der Waals surface area contributed by atoms with Gasteiger partial charge >= 0.3 is 0 Å². The Morgan fingerprint density at radius 2 is 1.91 bits per heavy atom. The summed E-state index contributed by atoms with van der Waals surface area (Å²) < 4.78 is 26.9. The second-order valence-electron chi connectivity index (χ2n) is 5.35. The lowest BCUT2D eigenvalue weighted by atomic mass is 10.1. The average Bonchev–Trinajstić information content (AvgIpc) is 2.81. The fourth-order valence-corrected chi connectivity index (χ4v) is 4.05. The Bertz CT molecular complexity index is 751. The third-order valence-electron chi connectivity index (χ3n) is 3.94. The average molecular weight is 323 g/mol. The number of nitrogens with two attached hydrogens (primary N) is 1. The fraction of sp³-hybridized carbons (Fsp3) is 0.385. The number of fused-ring (bicyclic) bond motifs is 1. The molecule has 0 unspecified atom stereocenters. The van der Waals surface area contributed by atoms with Crippen molar-refractivity contribution in [2.24, 2.45) is 10.9 Å². The van der Waals surface area contributed by atoms with E-state index in [1.54, 1.807) is 6.07 Å². The third kappa shape index (κ3) is 2.36. The highest BCUT2D eigenvalue weighted by Gasteiger charge is 2.31. The van der Waals surface area contributed by atoms with E-state index in [1.807, 2.05) is 7.05 Å². The number of rotatable bonds is 2. The van der Waals surface area contributed by atoms with E-state index in [9.17, 15) is 13.2 Å². The van der Waals surface area contributed by atoms with Crippen LogP contribution < -0.4 is 11.2 Å². The molecule has 9 heteroatoms. The van der Waals surface area contributed by atoms with Crippen molar-refractivity contribution in [2.45, 2.75) is 4.90 Å². The van der Waals surface area contributed by atoms with Crippen molar-refractivity contribution in [3.8, 4) is 0 Å². The quantitative estimate of drug-likeness (QED) is 0.549. The maximum absolute atomic E-state index is 12.7. The Balaban J connectivity index is 1.96. The van der Waals surface area contributed by atoms with E-state index >= 15 is 0 Å². The van der Waals surface area contributed by atoms with Gasteiger partial charge in [-0.25, -0.2) is 8.42 Å². The molecule has 118 valence electrons. The third-order valence-corrected chi connectivity index (χ3v) is 5.83. The second kappa shape index (κ2) is 5.34. The number of hydrogen-bond donors (Lipinski definition) is 2. The van der Waals surface area contributed by atoms with E-state index in [0.29, 0.717) is 37.4 Å². The normalized spacial score (nSPS) is 21.9. The van der Waals surface area contributed by atoms with Crippen molar-refractivity contribution in [2.75, 3.05) is 38.5 Å². The summed E-state index contributed by atoms with van der Waals surface area (Å²) in [6, 6.07) is 4.51.